The molecule has 4 rings (SSSR count). The Bertz CT molecular complexity index is 1130. The highest BCUT2D eigenvalue weighted by atomic mass is 16.5. The van der Waals surface area contributed by atoms with Crippen LogP contribution >= 0.6 is 0 Å². The maximum Gasteiger partial charge on any atom is 0.343 e. The van der Waals surface area contributed by atoms with Gasteiger partial charge in [0.1, 0.15) is 24.2 Å². The lowest BCUT2D eigenvalue weighted by atomic mass is 10.1. The van der Waals surface area contributed by atoms with Gasteiger partial charge in [0.05, 0.1) is 11.1 Å². The lowest BCUT2D eigenvalue weighted by Crippen LogP contribution is -2.33. The van der Waals surface area contributed by atoms with Crippen molar-refractivity contribution in [1.29, 1.82) is 5.26 Å². The number of nitrogen functional groups attached to an aromatic ring is 1. The molecule has 1 fully saturated rings. The van der Waals surface area contributed by atoms with Crippen LogP contribution in [0, 0.1) is 11.3 Å². The number of hydrogen-bond donors (Lipinski definition) is 1. The van der Waals surface area contributed by atoms with Gasteiger partial charge < -0.3 is 15.2 Å². The van der Waals surface area contributed by atoms with E-state index in [1.807, 2.05) is 24.3 Å². The highest BCUT2D eigenvalue weighted by molar-refractivity contribution is 6.00. The molecule has 6 nitrogen and oxygen atoms in total. The Balaban J connectivity index is 1.45. The Morgan fingerprint density at radius 2 is 1.74 bits per heavy atom. The van der Waals surface area contributed by atoms with Gasteiger partial charge in [0.2, 0.25) is 0 Å². The molecular weight excluding hydrogens is 390 g/mol. The molecule has 0 atom stereocenters. The standard InChI is InChI=1S/C25H25N3O3/c26-17-19-16-18(8-10-23(19)30-15-14-28-12-4-1-5-13-28)25(29)31-24-11-9-22(27)20-6-2-3-7-21(20)24/h2-3,6-11,16H,1,4-5,12-15,27H2. The molecule has 0 amide bonds. The molecule has 6 heteroatoms. The van der Waals surface area contributed by atoms with E-state index in [-0.39, 0.29) is 0 Å². The molecule has 0 aliphatic carbocycles. The van der Waals surface area contributed by atoms with Crippen molar-refractivity contribution in [2.24, 2.45) is 0 Å². The van der Waals surface area contributed by atoms with Crippen LogP contribution in [0.15, 0.2) is 54.6 Å². The molecule has 2 N–H and O–H groups in total. The van der Waals surface area contributed by atoms with E-state index in [9.17, 15) is 10.1 Å². The van der Waals surface area contributed by atoms with Crippen LogP contribution in [0.5, 0.6) is 11.5 Å². The zero-order chi connectivity index (χ0) is 21.6. The summed E-state index contributed by atoms with van der Waals surface area (Å²) in [5.74, 6) is 0.371. The van der Waals surface area contributed by atoms with Crippen molar-refractivity contribution in [2.45, 2.75) is 19.3 Å². The summed E-state index contributed by atoms with van der Waals surface area (Å²) >= 11 is 0. The van der Waals surface area contributed by atoms with Gasteiger partial charge in [-0.1, -0.05) is 30.7 Å². The Morgan fingerprint density at radius 1 is 1.00 bits per heavy atom. The Morgan fingerprint density at radius 3 is 2.52 bits per heavy atom. The Labute approximate surface area is 181 Å². The van der Waals surface area contributed by atoms with Crippen LogP contribution in [0.3, 0.4) is 0 Å². The van der Waals surface area contributed by atoms with Gasteiger partial charge in [-0.2, -0.15) is 5.26 Å². The Kier molecular flexibility index (Phi) is 6.34. The number of nitrogens with zero attached hydrogens (tertiary/aromatic N) is 2. The number of nitrogens with two attached hydrogens (primary N) is 1. The molecule has 158 valence electrons. The largest absolute Gasteiger partial charge is 0.491 e. The van der Waals surface area contributed by atoms with Gasteiger partial charge in [0, 0.05) is 23.0 Å². The first-order valence-electron chi connectivity index (χ1n) is 10.5. The number of piperidine rings is 1. The number of fused-ring (bicyclic) bond motifs is 1. The van der Waals surface area contributed by atoms with Crippen LogP contribution in [0.1, 0.15) is 35.2 Å². The second-order valence-electron chi connectivity index (χ2n) is 7.66. The van der Waals surface area contributed by atoms with Crippen molar-refractivity contribution in [3.8, 4) is 17.6 Å². The molecule has 31 heavy (non-hydrogen) atoms. The highest BCUT2D eigenvalue weighted by Gasteiger charge is 2.15. The van der Waals surface area contributed by atoms with E-state index < -0.39 is 5.97 Å². The SMILES string of the molecule is N#Cc1cc(C(=O)Oc2ccc(N)c3ccccc23)ccc1OCCN1CCCCC1. The number of ether oxygens (including phenoxy) is 2. The van der Waals surface area contributed by atoms with Gasteiger partial charge in [-0.3, -0.25) is 4.90 Å². The number of nitriles is 1. The summed E-state index contributed by atoms with van der Waals surface area (Å²) in [5.41, 5.74) is 7.24. The third-order valence-corrected chi connectivity index (χ3v) is 5.57. The molecular formula is C25H25N3O3. The zero-order valence-corrected chi connectivity index (χ0v) is 17.3. The van der Waals surface area contributed by atoms with Crippen molar-refractivity contribution >= 4 is 22.4 Å². The molecule has 0 aromatic heterocycles. The lowest BCUT2D eigenvalue weighted by Gasteiger charge is -2.26. The van der Waals surface area contributed by atoms with Gasteiger partial charge in [-0.05, 0) is 56.3 Å². The van der Waals surface area contributed by atoms with E-state index in [1.54, 1.807) is 24.3 Å². The van der Waals surface area contributed by atoms with E-state index >= 15 is 0 Å². The number of rotatable bonds is 6. The van der Waals surface area contributed by atoms with Crippen LogP contribution in [0.2, 0.25) is 0 Å². The van der Waals surface area contributed by atoms with Gasteiger partial charge in [-0.15, -0.1) is 0 Å². The minimum atomic E-state index is -0.536. The molecule has 0 bridgehead atoms. The van der Waals surface area contributed by atoms with Crippen molar-refractivity contribution in [3.05, 3.63) is 65.7 Å². The summed E-state index contributed by atoms with van der Waals surface area (Å²) in [4.78, 5) is 15.1. The quantitative estimate of drug-likeness (QED) is 0.365. The smallest absolute Gasteiger partial charge is 0.343 e. The number of carbonyl (C=O) groups excluding carboxylic acids is 1. The molecule has 0 unspecified atom stereocenters. The monoisotopic (exact) mass is 415 g/mol. The van der Waals surface area contributed by atoms with Gasteiger partial charge in [0.25, 0.3) is 0 Å². The average Bonchev–Trinajstić information content (AvgIpc) is 2.82. The van der Waals surface area contributed by atoms with Gasteiger partial charge in [-0.25, -0.2) is 4.79 Å². The van der Waals surface area contributed by atoms with Crippen molar-refractivity contribution in [2.75, 3.05) is 32.0 Å². The van der Waals surface area contributed by atoms with Crippen LogP contribution < -0.4 is 15.2 Å². The topological polar surface area (TPSA) is 88.6 Å². The van der Waals surface area contributed by atoms with Crippen LogP contribution in [-0.2, 0) is 0 Å². The Hall–Kier alpha value is -3.56. The fourth-order valence-electron chi connectivity index (χ4n) is 3.88. The maximum atomic E-state index is 12.7. The van der Waals surface area contributed by atoms with E-state index in [1.165, 1.54) is 25.3 Å². The molecule has 3 aromatic rings. The van der Waals surface area contributed by atoms with Crippen LogP contribution in [-0.4, -0.2) is 37.1 Å². The predicted molar refractivity (Wildman–Crippen MR) is 120 cm³/mol. The average molecular weight is 415 g/mol. The lowest BCUT2D eigenvalue weighted by molar-refractivity contribution is 0.0737. The van der Waals surface area contributed by atoms with E-state index in [2.05, 4.69) is 11.0 Å². The summed E-state index contributed by atoms with van der Waals surface area (Å²) in [7, 11) is 0. The van der Waals surface area contributed by atoms with Crippen LogP contribution in [0.4, 0.5) is 5.69 Å². The molecule has 0 saturated carbocycles. The number of likely N-dealkylation sites (tertiary alicyclic amines) is 1. The summed E-state index contributed by atoms with van der Waals surface area (Å²) in [6, 6.07) is 17.8. The molecule has 1 saturated heterocycles. The second kappa shape index (κ2) is 9.50. The van der Waals surface area contributed by atoms with Crippen LogP contribution in [0.25, 0.3) is 10.8 Å². The second-order valence-corrected chi connectivity index (χ2v) is 7.66. The number of hydrogen-bond acceptors (Lipinski definition) is 6. The van der Waals surface area contributed by atoms with Crippen molar-refractivity contribution in [3.63, 3.8) is 0 Å². The minimum absolute atomic E-state index is 0.292. The number of esters is 1. The molecule has 1 aliphatic rings. The molecule has 3 aromatic carbocycles. The van der Waals surface area contributed by atoms with Crippen molar-refractivity contribution in [1.82, 2.24) is 4.90 Å². The zero-order valence-electron chi connectivity index (χ0n) is 17.3. The first-order valence-corrected chi connectivity index (χ1v) is 10.5. The predicted octanol–water partition coefficient (Wildman–Crippen LogP) is 4.38. The van der Waals surface area contributed by atoms with E-state index in [0.717, 1.165) is 30.4 Å². The molecule has 0 radical (unpaired) electrons. The summed E-state index contributed by atoms with van der Waals surface area (Å²) < 4.78 is 11.4. The minimum Gasteiger partial charge on any atom is -0.491 e. The van der Waals surface area contributed by atoms with Gasteiger partial charge in [0.15, 0.2) is 0 Å². The number of carbonyl (C=O) groups is 1. The summed E-state index contributed by atoms with van der Waals surface area (Å²) in [6.45, 7) is 3.53. The molecule has 1 heterocycles. The normalized spacial score (nSPS) is 14.2. The van der Waals surface area contributed by atoms with E-state index in [0.29, 0.717) is 34.9 Å². The van der Waals surface area contributed by atoms with Gasteiger partial charge >= 0.3 is 5.97 Å². The molecule has 0 spiro atoms. The third-order valence-electron chi connectivity index (χ3n) is 5.57. The number of anilines is 1. The first-order chi connectivity index (χ1) is 15.2. The summed E-state index contributed by atoms with van der Waals surface area (Å²) in [5, 5.41) is 11.1. The molecule has 1 aliphatic heterocycles. The first kappa shape index (κ1) is 20.7. The summed E-state index contributed by atoms with van der Waals surface area (Å²) in [6.07, 6.45) is 3.74. The number of benzene rings is 3. The fourth-order valence-corrected chi connectivity index (χ4v) is 3.88. The fraction of sp³-hybridized carbons (Fsp3) is 0.280. The third kappa shape index (κ3) is 4.79. The van der Waals surface area contributed by atoms with E-state index in [4.69, 9.17) is 15.2 Å². The highest BCUT2D eigenvalue weighted by Crippen LogP contribution is 2.30. The van der Waals surface area contributed by atoms with Crippen molar-refractivity contribution < 1.29 is 14.3 Å². The maximum absolute atomic E-state index is 12.7.